The Morgan fingerprint density at radius 2 is 1.54 bits per heavy atom. The van der Waals surface area contributed by atoms with E-state index in [1.807, 2.05) is 0 Å². The van der Waals surface area contributed by atoms with Crippen LogP contribution in [0.15, 0.2) is 0 Å². The minimum atomic E-state index is -3.23. The van der Waals surface area contributed by atoms with Crippen molar-refractivity contribution < 1.29 is 18.0 Å². The number of piperazine rings is 1. The molecule has 0 radical (unpaired) electrons. The minimum Gasteiger partial charge on any atom is -0.335 e. The number of fused-ring (bicyclic) bond motifs is 1. The van der Waals surface area contributed by atoms with Crippen molar-refractivity contribution in [2.75, 3.05) is 24.6 Å². The monoisotopic (exact) mass is 377 g/mol. The standard InChI is InChI=1S/C15H23N3O4S.ClH/c16-15(4-5-15)14(20)18-7-6-17(13(19)10-2-1-3-10)11-8-23(21,22)9-12(11)18;/h10-12H,1-9,16H2;1H/t11-,12+;/m1./s1. The topological polar surface area (TPSA) is 101 Å². The van der Waals surface area contributed by atoms with Gasteiger partial charge in [0.05, 0.1) is 29.1 Å². The highest BCUT2D eigenvalue weighted by Gasteiger charge is 2.55. The molecule has 9 heteroatoms. The predicted molar refractivity (Wildman–Crippen MR) is 90.4 cm³/mol. The van der Waals surface area contributed by atoms with E-state index in [1.165, 1.54) is 0 Å². The van der Waals surface area contributed by atoms with E-state index in [1.54, 1.807) is 9.80 Å². The van der Waals surface area contributed by atoms with Crippen molar-refractivity contribution in [3.63, 3.8) is 0 Å². The van der Waals surface area contributed by atoms with Crippen molar-refractivity contribution in [3.8, 4) is 0 Å². The van der Waals surface area contributed by atoms with Gasteiger partial charge in [-0.25, -0.2) is 8.42 Å². The van der Waals surface area contributed by atoms with Crippen LogP contribution in [0.3, 0.4) is 0 Å². The smallest absolute Gasteiger partial charge is 0.243 e. The summed E-state index contributed by atoms with van der Waals surface area (Å²) in [7, 11) is -3.23. The molecule has 4 fully saturated rings. The minimum absolute atomic E-state index is 0. The van der Waals surface area contributed by atoms with Crippen LogP contribution in [0.5, 0.6) is 0 Å². The van der Waals surface area contributed by atoms with Crippen LogP contribution in [-0.4, -0.2) is 72.2 Å². The van der Waals surface area contributed by atoms with Crippen molar-refractivity contribution in [2.24, 2.45) is 11.7 Å². The van der Waals surface area contributed by atoms with Crippen LogP contribution in [0.4, 0.5) is 0 Å². The Morgan fingerprint density at radius 1 is 1.00 bits per heavy atom. The number of hydrogen-bond acceptors (Lipinski definition) is 5. The number of amides is 2. The molecule has 2 amide bonds. The number of carbonyl (C=O) groups excluding carboxylic acids is 2. The van der Waals surface area contributed by atoms with E-state index >= 15 is 0 Å². The van der Waals surface area contributed by atoms with E-state index in [4.69, 9.17) is 5.73 Å². The van der Waals surface area contributed by atoms with Gasteiger partial charge in [-0.05, 0) is 25.7 Å². The second-order valence-corrected chi connectivity index (χ2v) is 9.68. The van der Waals surface area contributed by atoms with Gasteiger partial charge in [0.25, 0.3) is 0 Å². The van der Waals surface area contributed by atoms with E-state index in [2.05, 4.69) is 0 Å². The van der Waals surface area contributed by atoms with E-state index in [0.29, 0.717) is 25.9 Å². The van der Waals surface area contributed by atoms with Crippen molar-refractivity contribution in [1.29, 1.82) is 0 Å². The molecule has 2 aliphatic carbocycles. The zero-order valence-electron chi connectivity index (χ0n) is 13.5. The molecular weight excluding hydrogens is 354 g/mol. The molecule has 2 heterocycles. The third-order valence-electron chi connectivity index (χ3n) is 5.89. The normalized spacial score (nSPS) is 33.2. The Kier molecular flexibility index (Phi) is 4.37. The lowest BCUT2D eigenvalue weighted by Crippen LogP contribution is -2.65. The van der Waals surface area contributed by atoms with Crippen molar-refractivity contribution in [2.45, 2.75) is 49.7 Å². The largest absolute Gasteiger partial charge is 0.335 e. The predicted octanol–water partition coefficient (Wildman–Crippen LogP) is -0.464. The van der Waals surface area contributed by atoms with Crippen molar-refractivity contribution in [3.05, 3.63) is 0 Å². The molecule has 0 bridgehead atoms. The lowest BCUT2D eigenvalue weighted by atomic mass is 9.83. The van der Waals surface area contributed by atoms with Gasteiger partial charge in [0.15, 0.2) is 9.84 Å². The van der Waals surface area contributed by atoms with Gasteiger partial charge in [-0.1, -0.05) is 6.42 Å². The summed E-state index contributed by atoms with van der Waals surface area (Å²) in [4.78, 5) is 28.6. The summed E-state index contributed by atoms with van der Waals surface area (Å²) in [5.74, 6) is -0.0963. The molecule has 136 valence electrons. The molecule has 4 aliphatic rings. The van der Waals surface area contributed by atoms with Crippen LogP contribution in [0, 0.1) is 5.92 Å². The molecule has 7 nitrogen and oxygen atoms in total. The third kappa shape index (κ3) is 2.82. The highest BCUT2D eigenvalue weighted by Crippen LogP contribution is 2.38. The molecule has 4 rings (SSSR count). The lowest BCUT2D eigenvalue weighted by molar-refractivity contribution is -0.150. The number of nitrogens with two attached hydrogens (primary N) is 1. The van der Waals surface area contributed by atoms with Gasteiger partial charge in [0.2, 0.25) is 11.8 Å². The van der Waals surface area contributed by atoms with Crippen LogP contribution in [0.2, 0.25) is 0 Å². The zero-order chi connectivity index (χ0) is 16.4. The maximum Gasteiger partial charge on any atom is 0.243 e. The summed E-state index contributed by atoms with van der Waals surface area (Å²) >= 11 is 0. The van der Waals surface area contributed by atoms with E-state index < -0.39 is 27.5 Å². The molecule has 2 N–H and O–H groups in total. The molecule has 24 heavy (non-hydrogen) atoms. The Labute approximate surface area is 148 Å². The van der Waals surface area contributed by atoms with Crippen LogP contribution in [-0.2, 0) is 19.4 Å². The first-order valence-electron chi connectivity index (χ1n) is 8.42. The fourth-order valence-electron chi connectivity index (χ4n) is 4.00. The average molecular weight is 378 g/mol. The maximum atomic E-state index is 12.6. The molecule has 0 aromatic rings. The second kappa shape index (κ2) is 5.85. The SMILES string of the molecule is Cl.NC1(C(=O)N2CCN(C(=O)C3CCC3)[C@@H]3CS(=O)(=O)C[C@@H]32)CC1. The van der Waals surface area contributed by atoms with Gasteiger partial charge in [0.1, 0.15) is 0 Å². The van der Waals surface area contributed by atoms with Gasteiger partial charge >= 0.3 is 0 Å². The maximum absolute atomic E-state index is 12.6. The summed E-state index contributed by atoms with van der Waals surface area (Å²) in [5, 5.41) is 0. The molecule has 2 saturated heterocycles. The molecular formula is C15H24ClN3O4S. The number of sulfone groups is 1. The fraction of sp³-hybridized carbons (Fsp3) is 0.867. The van der Waals surface area contributed by atoms with E-state index in [9.17, 15) is 18.0 Å². The number of halogens is 1. The van der Waals surface area contributed by atoms with Crippen LogP contribution >= 0.6 is 12.4 Å². The van der Waals surface area contributed by atoms with E-state index in [0.717, 1.165) is 19.3 Å². The van der Waals surface area contributed by atoms with Gasteiger partial charge in [-0.2, -0.15) is 0 Å². The van der Waals surface area contributed by atoms with Crippen LogP contribution in [0.25, 0.3) is 0 Å². The lowest BCUT2D eigenvalue weighted by Gasteiger charge is -2.46. The molecule has 0 aromatic carbocycles. The van der Waals surface area contributed by atoms with Gasteiger partial charge in [-0.15, -0.1) is 12.4 Å². The fourth-order valence-corrected chi connectivity index (χ4v) is 5.98. The Bertz CT molecular complexity index is 660. The molecule has 2 atom stereocenters. The zero-order valence-corrected chi connectivity index (χ0v) is 15.2. The highest BCUT2D eigenvalue weighted by atomic mass is 35.5. The van der Waals surface area contributed by atoms with Crippen molar-refractivity contribution >= 4 is 34.1 Å². The molecule has 0 spiro atoms. The van der Waals surface area contributed by atoms with Crippen LogP contribution < -0.4 is 5.73 Å². The molecule has 0 unspecified atom stereocenters. The van der Waals surface area contributed by atoms with Crippen LogP contribution in [0.1, 0.15) is 32.1 Å². The van der Waals surface area contributed by atoms with Gasteiger partial charge in [-0.3, -0.25) is 9.59 Å². The summed E-state index contributed by atoms with van der Waals surface area (Å²) in [5.41, 5.74) is 5.23. The first-order chi connectivity index (χ1) is 10.8. The average Bonchev–Trinajstić information content (AvgIpc) is 3.07. The summed E-state index contributed by atoms with van der Waals surface area (Å²) < 4.78 is 24.3. The number of carbonyl (C=O) groups is 2. The summed E-state index contributed by atoms with van der Waals surface area (Å²) in [6.07, 6.45) is 4.19. The summed E-state index contributed by atoms with van der Waals surface area (Å²) in [6.45, 7) is 0.820. The van der Waals surface area contributed by atoms with Gasteiger partial charge in [0, 0.05) is 19.0 Å². The Morgan fingerprint density at radius 3 is 2.04 bits per heavy atom. The number of hydrogen-bond donors (Lipinski definition) is 1. The molecule has 2 saturated carbocycles. The highest BCUT2D eigenvalue weighted by molar-refractivity contribution is 7.91. The Hall–Kier alpha value is -0.860. The second-order valence-electron chi connectivity index (χ2n) is 7.53. The quantitative estimate of drug-likeness (QED) is 0.701. The Balaban J connectivity index is 0.00000169. The number of rotatable bonds is 2. The van der Waals surface area contributed by atoms with E-state index in [-0.39, 0.29) is 41.6 Å². The first kappa shape index (κ1) is 17.9. The first-order valence-corrected chi connectivity index (χ1v) is 10.2. The molecule has 2 aliphatic heterocycles. The summed E-state index contributed by atoms with van der Waals surface area (Å²) in [6, 6.07) is -0.820. The number of nitrogens with zero attached hydrogens (tertiary/aromatic N) is 2. The molecule has 0 aromatic heterocycles. The third-order valence-corrected chi connectivity index (χ3v) is 7.59. The van der Waals surface area contributed by atoms with Crippen molar-refractivity contribution in [1.82, 2.24) is 9.80 Å². The van der Waals surface area contributed by atoms with Gasteiger partial charge < -0.3 is 15.5 Å².